The van der Waals surface area contributed by atoms with Gasteiger partial charge in [-0.3, -0.25) is 4.90 Å². The van der Waals surface area contributed by atoms with E-state index in [9.17, 15) is 0 Å². The molecule has 0 bridgehead atoms. The van der Waals surface area contributed by atoms with Gasteiger partial charge < -0.3 is 9.52 Å². The number of benzene rings is 1. The maximum Gasteiger partial charge on any atom is 0.208 e. The lowest BCUT2D eigenvalue weighted by Gasteiger charge is -2.19. The van der Waals surface area contributed by atoms with Gasteiger partial charge in [0.25, 0.3) is 0 Å². The van der Waals surface area contributed by atoms with Gasteiger partial charge in [0.05, 0.1) is 19.3 Å². The van der Waals surface area contributed by atoms with E-state index >= 15 is 0 Å². The Labute approximate surface area is 113 Å². The van der Waals surface area contributed by atoms with Crippen LogP contribution in [0, 0.1) is 6.92 Å². The second-order valence-corrected chi connectivity index (χ2v) is 4.60. The largest absolute Gasteiger partial charge is 0.445 e. The Kier molecular flexibility index (Phi) is 5.12. The molecular formula is C15H20N2O2. The number of hydrogen-bond acceptors (Lipinski definition) is 4. The van der Waals surface area contributed by atoms with Gasteiger partial charge in [-0.25, -0.2) is 4.98 Å². The molecule has 0 fully saturated rings. The van der Waals surface area contributed by atoms with Crippen LogP contribution in [-0.2, 0) is 13.0 Å². The highest BCUT2D eigenvalue weighted by Crippen LogP contribution is 2.07. The summed E-state index contributed by atoms with van der Waals surface area (Å²) in [5, 5.41) is 9.12. The van der Waals surface area contributed by atoms with Gasteiger partial charge in [0.1, 0.15) is 5.76 Å². The first-order chi connectivity index (χ1) is 9.28. The molecule has 0 spiro atoms. The lowest BCUT2D eigenvalue weighted by molar-refractivity contribution is 0.179. The Balaban J connectivity index is 1.89. The predicted octanol–water partition coefficient (Wildman–Crippen LogP) is 2.02. The van der Waals surface area contributed by atoms with Crippen molar-refractivity contribution in [1.29, 1.82) is 0 Å². The molecule has 2 rings (SSSR count). The fourth-order valence-corrected chi connectivity index (χ4v) is 2.01. The van der Waals surface area contributed by atoms with Crippen molar-refractivity contribution in [2.24, 2.45) is 0 Å². The molecule has 0 saturated heterocycles. The average Bonchev–Trinajstić information content (AvgIpc) is 2.83. The Morgan fingerprint density at radius 3 is 2.63 bits per heavy atom. The van der Waals surface area contributed by atoms with E-state index in [4.69, 9.17) is 9.52 Å². The molecule has 0 aliphatic heterocycles. The fourth-order valence-electron chi connectivity index (χ4n) is 2.01. The number of aliphatic hydroxyl groups excluding tert-OH is 1. The average molecular weight is 260 g/mol. The summed E-state index contributed by atoms with van der Waals surface area (Å²) in [6, 6.07) is 10.3. The molecule has 19 heavy (non-hydrogen) atoms. The number of rotatable bonds is 7. The van der Waals surface area contributed by atoms with Crippen LogP contribution in [0.15, 0.2) is 40.9 Å². The first kappa shape index (κ1) is 13.8. The van der Waals surface area contributed by atoms with E-state index in [1.54, 1.807) is 6.20 Å². The molecule has 1 N–H and O–H groups in total. The molecule has 0 atom stereocenters. The Morgan fingerprint density at radius 2 is 2.00 bits per heavy atom. The quantitative estimate of drug-likeness (QED) is 0.827. The second-order valence-electron chi connectivity index (χ2n) is 4.60. The maximum absolute atomic E-state index is 9.12. The molecule has 0 unspecified atom stereocenters. The van der Waals surface area contributed by atoms with E-state index < -0.39 is 0 Å². The zero-order valence-corrected chi connectivity index (χ0v) is 11.2. The van der Waals surface area contributed by atoms with E-state index in [1.807, 2.05) is 25.1 Å². The minimum atomic E-state index is 0.147. The summed E-state index contributed by atoms with van der Waals surface area (Å²) in [5.41, 5.74) is 1.30. The van der Waals surface area contributed by atoms with Gasteiger partial charge in [-0.15, -0.1) is 0 Å². The standard InChI is InChI=1S/C15H20N2O2/c1-13-11-16-15(19-13)12-17(9-10-18)8-7-14-5-3-2-4-6-14/h2-6,11,18H,7-10,12H2,1H3. The third kappa shape index (κ3) is 4.50. The zero-order valence-electron chi connectivity index (χ0n) is 11.2. The molecule has 0 saturated carbocycles. The van der Waals surface area contributed by atoms with Crippen LogP contribution in [0.4, 0.5) is 0 Å². The van der Waals surface area contributed by atoms with Gasteiger partial charge in [0.15, 0.2) is 0 Å². The van der Waals surface area contributed by atoms with Crippen molar-refractivity contribution < 1.29 is 9.52 Å². The van der Waals surface area contributed by atoms with Crippen molar-refractivity contribution in [3.8, 4) is 0 Å². The minimum absolute atomic E-state index is 0.147. The van der Waals surface area contributed by atoms with Crippen molar-refractivity contribution >= 4 is 0 Å². The molecule has 4 nitrogen and oxygen atoms in total. The van der Waals surface area contributed by atoms with Crippen LogP contribution in [0.2, 0.25) is 0 Å². The van der Waals surface area contributed by atoms with E-state index in [-0.39, 0.29) is 6.61 Å². The smallest absolute Gasteiger partial charge is 0.208 e. The van der Waals surface area contributed by atoms with E-state index in [0.29, 0.717) is 19.0 Å². The van der Waals surface area contributed by atoms with E-state index in [2.05, 4.69) is 22.0 Å². The normalized spacial score (nSPS) is 11.1. The van der Waals surface area contributed by atoms with Gasteiger partial charge in [-0.2, -0.15) is 0 Å². The molecule has 1 aromatic heterocycles. The lowest BCUT2D eigenvalue weighted by atomic mass is 10.1. The van der Waals surface area contributed by atoms with Crippen LogP contribution in [0.3, 0.4) is 0 Å². The Hall–Kier alpha value is -1.65. The summed E-state index contributed by atoms with van der Waals surface area (Å²) >= 11 is 0. The molecule has 4 heteroatoms. The van der Waals surface area contributed by atoms with Crippen molar-refractivity contribution in [1.82, 2.24) is 9.88 Å². The zero-order chi connectivity index (χ0) is 13.5. The maximum atomic E-state index is 9.12. The first-order valence-electron chi connectivity index (χ1n) is 6.56. The van der Waals surface area contributed by atoms with Crippen molar-refractivity contribution in [2.45, 2.75) is 19.9 Å². The van der Waals surface area contributed by atoms with E-state index in [1.165, 1.54) is 5.56 Å². The molecule has 0 aliphatic rings. The van der Waals surface area contributed by atoms with Crippen LogP contribution >= 0.6 is 0 Å². The van der Waals surface area contributed by atoms with Gasteiger partial charge >= 0.3 is 0 Å². The number of nitrogens with zero attached hydrogens (tertiary/aromatic N) is 2. The molecule has 102 valence electrons. The van der Waals surface area contributed by atoms with Crippen LogP contribution in [0.5, 0.6) is 0 Å². The fraction of sp³-hybridized carbons (Fsp3) is 0.400. The van der Waals surface area contributed by atoms with Crippen LogP contribution in [0.25, 0.3) is 0 Å². The van der Waals surface area contributed by atoms with Crippen LogP contribution < -0.4 is 0 Å². The SMILES string of the molecule is Cc1cnc(CN(CCO)CCc2ccccc2)o1. The summed E-state index contributed by atoms with van der Waals surface area (Å²) < 4.78 is 5.48. The molecule has 2 aromatic rings. The second kappa shape index (κ2) is 7.07. The highest BCUT2D eigenvalue weighted by Gasteiger charge is 2.09. The molecule has 1 aromatic carbocycles. The van der Waals surface area contributed by atoms with Crippen molar-refractivity contribution in [2.75, 3.05) is 19.7 Å². The third-order valence-corrected chi connectivity index (χ3v) is 3.00. The van der Waals surface area contributed by atoms with Gasteiger partial charge in [-0.05, 0) is 18.9 Å². The predicted molar refractivity (Wildman–Crippen MR) is 73.7 cm³/mol. The van der Waals surface area contributed by atoms with Crippen molar-refractivity contribution in [3.05, 3.63) is 53.7 Å². The number of hydrogen-bond donors (Lipinski definition) is 1. The topological polar surface area (TPSA) is 49.5 Å². The third-order valence-electron chi connectivity index (χ3n) is 3.00. The summed E-state index contributed by atoms with van der Waals surface area (Å²) in [5.74, 6) is 1.53. The lowest BCUT2D eigenvalue weighted by Crippen LogP contribution is -2.28. The van der Waals surface area contributed by atoms with Crippen molar-refractivity contribution in [3.63, 3.8) is 0 Å². The Morgan fingerprint density at radius 1 is 1.21 bits per heavy atom. The molecule has 0 radical (unpaired) electrons. The van der Waals surface area contributed by atoms with Gasteiger partial charge in [0.2, 0.25) is 5.89 Å². The minimum Gasteiger partial charge on any atom is -0.445 e. The van der Waals surface area contributed by atoms with Crippen LogP contribution in [0.1, 0.15) is 17.2 Å². The molecular weight excluding hydrogens is 240 g/mol. The monoisotopic (exact) mass is 260 g/mol. The first-order valence-corrected chi connectivity index (χ1v) is 6.56. The highest BCUT2D eigenvalue weighted by molar-refractivity contribution is 5.14. The summed E-state index contributed by atoms with van der Waals surface area (Å²) in [6.07, 6.45) is 2.68. The number of aliphatic hydroxyl groups is 1. The van der Waals surface area contributed by atoms with Gasteiger partial charge in [0, 0.05) is 13.1 Å². The summed E-state index contributed by atoms with van der Waals surface area (Å²) in [4.78, 5) is 6.35. The molecule has 0 aliphatic carbocycles. The van der Waals surface area contributed by atoms with Gasteiger partial charge in [-0.1, -0.05) is 30.3 Å². The summed E-state index contributed by atoms with van der Waals surface area (Å²) in [6.45, 7) is 4.19. The van der Waals surface area contributed by atoms with Crippen LogP contribution in [-0.4, -0.2) is 34.7 Å². The number of aromatic nitrogens is 1. The number of aryl methyl sites for hydroxylation is 1. The summed E-state index contributed by atoms with van der Waals surface area (Å²) in [7, 11) is 0. The number of oxazole rings is 1. The molecule has 1 heterocycles. The molecule has 0 amide bonds. The Bertz CT molecular complexity index is 482. The van der Waals surface area contributed by atoms with E-state index in [0.717, 1.165) is 18.7 Å². The highest BCUT2D eigenvalue weighted by atomic mass is 16.4.